The second kappa shape index (κ2) is 7.09. The van der Waals surface area contributed by atoms with Gasteiger partial charge in [-0.25, -0.2) is 0 Å². The Labute approximate surface area is 123 Å². The number of likely N-dealkylation sites (tertiary alicyclic amines) is 1. The van der Waals surface area contributed by atoms with Crippen LogP contribution in [0.5, 0.6) is 0 Å². The zero-order valence-electron chi connectivity index (χ0n) is 13.7. The zero-order valence-corrected chi connectivity index (χ0v) is 13.7. The summed E-state index contributed by atoms with van der Waals surface area (Å²) in [6, 6.07) is 0.223. The predicted octanol–water partition coefficient (Wildman–Crippen LogP) is 2.58. The van der Waals surface area contributed by atoms with Crippen molar-refractivity contribution in [3.05, 3.63) is 0 Å². The van der Waals surface area contributed by atoms with Crippen LogP contribution in [0.25, 0.3) is 0 Å². The first-order valence-corrected chi connectivity index (χ1v) is 7.85. The van der Waals surface area contributed by atoms with E-state index in [1.807, 2.05) is 32.6 Å². The smallest absolute Gasteiger partial charge is 0.227 e. The van der Waals surface area contributed by atoms with Crippen molar-refractivity contribution in [1.82, 2.24) is 10.2 Å². The lowest BCUT2D eigenvalue weighted by Gasteiger charge is -2.36. The van der Waals surface area contributed by atoms with E-state index in [0.717, 1.165) is 32.2 Å². The Morgan fingerprint density at radius 2 is 2.00 bits per heavy atom. The molecule has 1 aliphatic heterocycles. The third-order valence-corrected chi connectivity index (χ3v) is 3.83. The van der Waals surface area contributed by atoms with Crippen LogP contribution in [-0.4, -0.2) is 35.8 Å². The van der Waals surface area contributed by atoms with Gasteiger partial charge in [0.05, 0.1) is 5.92 Å². The monoisotopic (exact) mass is 282 g/mol. The van der Waals surface area contributed by atoms with Crippen LogP contribution in [0.1, 0.15) is 60.3 Å². The molecule has 0 saturated carbocycles. The molecule has 4 heteroatoms. The maximum atomic E-state index is 12.3. The van der Waals surface area contributed by atoms with Crippen LogP contribution in [-0.2, 0) is 9.59 Å². The summed E-state index contributed by atoms with van der Waals surface area (Å²) in [5.74, 6) is 0.211. The second-order valence-corrected chi connectivity index (χ2v) is 7.04. The van der Waals surface area contributed by atoms with Gasteiger partial charge in [0.2, 0.25) is 11.8 Å². The molecule has 1 aliphatic rings. The van der Waals surface area contributed by atoms with Gasteiger partial charge in [-0.05, 0) is 26.2 Å². The number of nitrogens with one attached hydrogen (secondary N) is 1. The highest BCUT2D eigenvalue weighted by Crippen LogP contribution is 2.23. The Morgan fingerprint density at radius 1 is 1.35 bits per heavy atom. The quantitative estimate of drug-likeness (QED) is 0.861. The predicted molar refractivity (Wildman–Crippen MR) is 81.3 cm³/mol. The average Bonchev–Trinajstić information content (AvgIpc) is 2.37. The molecule has 4 nitrogen and oxygen atoms in total. The molecule has 1 heterocycles. The molecule has 2 amide bonds. The van der Waals surface area contributed by atoms with Crippen molar-refractivity contribution in [2.75, 3.05) is 13.1 Å². The highest BCUT2D eigenvalue weighted by atomic mass is 16.2. The van der Waals surface area contributed by atoms with E-state index >= 15 is 0 Å². The van der Waals surface area contributed by atoms with Gasteiger partial charge >= 0.3 is 0 Å². The molecule has 0 spiro atoms. The van der Waals surface area contributed by atoms with Crippen LogP contribution in [0, 0.1) is 11.3 Å². The molecule has 116 valence electrons. The van der Waals surface area contributed by atoms with Crippen LogP contribution >= 0.6 is 0 Å². The van der Waals surface area contributed by atoms with Crippen LogP contribution in [0.15, 0.2) is 0 Å². The number of nitrogens with zero attached hydrogens (tertiary/aromatic N) is 1. The van der Waals surface area contributed by atoms with Crippen molar-refractivity contribution in [1.29, 1.82) is 0 Å². The van der Waals surface area contributed by atoms with Crippen molar-refractivity contribution >= 4 is 11.8 Å². The van der Waals surface area contributed by atoms with E-state index in [2.05, 4.69) is 12.2 Å². The normalized spacial score (nSPS) is 21.4. The minimum absolute atomic E-state index is 0.0469. The van der Waals surface area contributed by atoms with Crippen molar-refractivity contribution in [2.24, 2.45) is 11.3 Å². The molecule has 20 heavy (non-hydrogen) atoms. The van der Waals surface area contributed by atoms with E-state index in [1.165, 1.54) is 0 Å². The molecule has 0 bridgehead atoms. The van der Waals surface area contributed by atoms with Crippen LogP contribution in [0.2, 0.25) is 0 Å². The summed E-state index contributed by atoms with van der Waals surface area (Å²) in [7, 11) is 0. The van der Waals surface area contributed by atoms with Gasteiger partial charge in [-0.1, -0.05) is 34.1 Å². The van der Waals surface area contributed by atoms with Crippen LogP contribution in [0.4, 0.5) is 0 Å². The molecule has 1 rings (SSSR count). The largest absolute Gasteiger partial charge is 0.353 e. The number of piperidine rings is 1. The first kappa shape index (κ1) is 17.0. The van der Waals surface area contributed by atoms with Gasteiger partial charge in [0.15, 0.2) is 0 Å². The fraction of sp³-hybridized carbons (Fsp3) is 0.875. The summed E-state index contributed by atoms with van der Waals surface area (Å²) in [5, 5.41) is 3.07. The zero-order chi connectivity index (χ0) is 15.3. The summed E-state index contributed by atoms with van der Waals surface area (Å²) in [4.78, 5) is 26.4. The standard InChI is InChI=1S/C16H30N2O2/c1-6-8-12(2)17-14(19)13-9-7-10-18(11-13)15(20)16(3,4)5/h12-13H,6-11H2,1-5H3,(H,17,19)/t12-,13+/m0/s1. The maximum Gasteiger partial charge on any atom is 0.227 e. The third-order valence-electron chi connectivity index (χ3n) is 3.83. The van der Waals surface area contributed by atoms with Crippen molar-refractivity contribution in [3.8, 4) is 0 Å². The lowest BCUT2D eigenvalue weighted by molar-refractivity contribution is -0.142. The molecule has 1 N–H and O–H groups in total. The van der Waals surface area contributed by atoms with Crippen molar-refractivity contribution in [3.63, 3.8) is 0 Å². The second-order valence-electron chi connectivity index (χ2n) is 7.04. The maximum absolute atomic E-state index is 12.3. The van der Waals surface area contributed by atoms with E-state index in [0.29, 0.717) is 6.54 Å². The number of carbonyl (C=O) groups excluding carboxylic acids is 2. The fourth-order valence-corrected chi connectivity index (χ4v) is 2.72. The number of hydrogen-bond donors (Lipinski definition) is 1. The Hall–Kier alpha value is -1.06. The molecule has 1 saturated heterocycles. The number of carbonyl (C=O) groups is 2. The molecular weight excluding hydrogens is 252 g/mol. The highest BCUT2D eigenvalue weighted by molar-refractivity contribution is 5.84. The van der Waals surface area contributed by atoms with Gasteiger partial charge in [0, 0.05) is 24.5 Å². The van der Waals surface area contributed by atoms with Crippen molar-refractivity contribution in [2.45, 2.75) is 66.3 Å². The number of rotatable bonds is 4. The van der Waals surface area contributed by atoms with Gasteiger partial charge in [-0.15, -0.1) is 0 Å². The van der Waals surface area contributed by atoms with Gasteiger partial charge in [0.25, 0.3) is 0 Å². The summed E-state index contributed by atoms with van der Waals surface area (Å²) in [5.41, 5.74) is -0.367. The Bertz CT molecular complexity index is 347. The highest BCUT2D eigenvalue weighted by Gasteiger charge is 2.33. The number of amides is 2. The van der Waals surface area contributed by atoms with E-state index in [4.69, 9.17) is 0 Å². The van der Waals surface area contributed by atoms with E-state index in [-0.39, 0.29) is 29.2 Å². The van der Waals surface area contributed by atoms with E-state index in [9.17, 15) is 9.59 Å². The summed E-state index contributed by atoms with van der Waals surface area (Å²) in [6.45, 7) is 11.3. The molecule has 2 atom stereocenters. The first-order valence-electron chi connectivity index (χ1n) is 7.85. The number of hydrogen-bond acceptors (Lipinski definition) is 2. The third kappa shape index (κ3) is 4.80. The van der Waals surface area contributed by atoms with E-state index < -0.39 is 0 Å². The molecule has 0 aromatic carbocycles. The topological polar surface area (TPSA) is 49.4 Å². The van der Waals surface area contributed by atoms with Crippen LogP contribution < -0.4 is 5.32 Å². The van der Waals surface area contributed by atoms with Gasteiger partial charge in [-0.3, -0.25) is 9.59 Å². The minimum Gasteiger partial charge on any atom is -0.353 e. The minimum atomic E-state index is -0.367. The fourth-order valence-electron chi connectivity index (χ4n) is 2.72. The summed E-state index contributed by atoms with van der Waals surface area (Å²) >= 11 is 0. The first-order chi connectivity index (χ1) is 9.25. The molecule has 1 fully saturated rings. The molecule has 0 aliphatic carbocycles. The summed E-state index contributed by atoms with van der Waals surface area (Å²) < 4.78 is 0. The molecule has 0 radical (unpaired) electrons. The Kier molecular flexibility index (Phi) is 6.03. The van der Waals surface area contributed by atoms with E-state index in [1.54, 1.807) is 0 Å². The van der Waals surface area contributed by atoms with Gasteiger partial charge in [0.1, 0.15) is 0 Å². The molecule has 0 aromatic heterocycles. The van der Waals surface area contributed by atoms with Gasteiger partial charge in [-0.2, -0.15) is 0 Å². The SMILES string of the molecule is CCC[C@H](C)NC(=O)[C@@H]1CCCN(C(=O)C(C)(C)C)C1. The lowest BCUT2D eigenvalue weighted by Crippen LogP contribution is -2.49. The van der Waals surface area contributed by atoms with Crippen molar-refractivity contribution < 1.29 is 9.59 Å². The average molecular weight is 282 g/mol. The molecule has 0 aromatic rings. The molecular formula is C16H30N2O2. The Morgan fingerprint density at radius 3 is 2.55 bits per heavy atom. The lowest BCUT2D eigenvalue weighted by atomic mass is 9.90. The molecule has 0 unspecified atom stereocenters. The van der Waals surface area contributed by atoms with Crippen LogP contribution in [0.3, 0.4) is 0 Å². The Balaban J connectivity index is 2.56. The summed E-state index contributed by atoms with van der Waals surface area (Å²) in [6.07, 6.45) is 3.88. The van der Waals surface area contributed by atoms with Gasteiger partial charge < -0.3 is 10.2 Å².